The van der Waals surface area contributed by atoms with Crippen LogP contribution in [0, 0.1) is 0 Å². The minimum atomic E-state index is -3.77. The third kappa shape index (κ3) is 6.26. The summed E-state index contributed by atoms with van der Waals surface area (Å²) in [5.41, 5.74) is 3.05. The third-order valence-corrected chi connectivity index (χ3v) is 5.23. The lowest BCUT2D eigenvalue weighted by Gasteiger charge is -2.22. The number of nitrogens with one attached hydrogen (secondary N) is 1. The molecule has 9 nitrogen and oxygen atoms in total. The fourth-order valence-corrected chi connectivity index (χ4v) is 3.54. The summed E-state index contributed by atoms with van der Waals surface area (Å²) >= 11 is 6.06. The van der Waals surface area contributed by atoms with E-state index in [2.05, 4.69) is 10.5 Å². The van der Waals surface area contributed by atoms with Gasteiger partial charge in [-0.3, -0.25) is 9.10 Å². The molecule has 1 amide bonds. The maximum atomic E-state index is 12.2. The molecule has 0 fully saturated rings. The van der Waals surface area contributed by atoms with Gasteiger partial charge in [0.15, 0.2) is 11.5 Å². The highest BCUT2D eigenvalue weighted by atomic mass is 35.5. The number of rotatable bonds is 9. The van der Waals surface area contributed by atoms with Crippen molar-refractivity contribution in [1.29, 1.82) is 0 Å². The van der Waals surface area contributed by atoms with Gasteiger partial charge >= 0.3 is 0 Å². The first-order chi connectivity index (χ1) is 14.2. The first-order valence-electron chi connectivity index (χ1n) is 8.74. The van der Waals surface area contributed by atoms with Crippen LogP contribution < -0.4 is 19.2 Å². The molecule has 0 aromatic heterocycles. The lowest BCUT2D eigenvalue weighted by Crippen LogP contribution is -2.39. The maximum absolute atomic E-state index is 12.2. The summed E-state index contributed by atoms with van der Waals surface area (Å²) in [7, 11) is -2.33. The number of anilines is 1. The van der Waals surface area contributed by atoms with Crippen LogP contribution in [0.25, 0.3) is 0 Å². The van der Waals surface area contributed by atoms with Gasteiger partial charge in [0.1, 0.15) is 12.3 Å². The zero-order valence-electron chi connectivity index (χ0n) is 16.6. The predicted octanol–water partition coefficient (Wildman–Crippen LogP) is 2.37. The molecular formula is C19H22ClN3O6S. The Balaban J connectivity index is 2.11. The second-order valence-corrected chi connectivity index (χ2v) is 8.36. The normalized spacial score (nSPS) is 11.3. The Labute approximate surface area is 179 Å². The molecule has 0 aliphatic heterocycles. The number of hydrazone groups is 1. The van der Waals surface area contributed by atoms with Gasteiger partial charge in [0, 0.05) is 0 Å². The molecule has 2 aromatic rings. The Morgan fingerprint density at radius 1 is 1.27 bits per heavy atom. The maximum Gasteiger partial charge on any atom is 0.260 e. The molecule has 0 radical (unpaired) electrons. The van der Waals surface area contributed by atoms with Crippen molar-refractivity contribution in [2.45, 2.75) is 6.92 Å². The van der Waals surface area contributed by atoms with Crippen molar-refractivity contribution in [3.05, 3.63) is 47.0 Å². The number of hydrogen-bond acceptors (Lipinski definition) is 7. The molecule has 0 heterocycles. The molecule has 0 bridgehead atoms. The number of methoxy groups -OCH3 is 1. The average molecular weight is 456 g/mol. The van der Waals surface area contributed by atoms with E-state index in [0.29, 0.717) is 17.9 Å². The average Bonchev–Trinajstić information content (AvgIpc) is 2.68. The van der Waals surface area contributed by atoms with E-state index in [1.165, 1.54) is 37.6 Å². The van der Waals surface area contributed by atoms with Crippen LogP contribution >= 0.6 is 11.6 Å². The van der Waals surface area contributed by atoms with Crippen LogP contribution in [0.15, 0.2) is 41.5 Å². The van der Waals surface area contributed by atoms with Crippen molar-refractivity contribution < 1.29 is 27.8 Å². The van der Waals surface area contributed by atoms with E-state index in [4.69, 9.17) is 21.1 Å². The number of nitrogens with zero attached hydrogens (tertiary/aromatic N) is 2. The van der Waals surface area contributed by atoms with Crippen molar-refractivity contribution in [3.8, 4) is 17.2 Å². The molecule has 0 saturated carbocycles. The lowest BCUT2D eigenvalue weighted by molar-refractivity contribution is -0.119. The van der Waals surface area contributed by atoms with E-state index in [-0.39, 0.29) is 22.2 Å². The minimum absolute atomic E-state index is 0.0139. The number of carbonyl (C=O) groups is 1. The number of halogens is 1. The van der Waals surface area contributed by atoms with Crippen molar-refractivity contribution in [2.75, 3.05) is 30.8 Å². The van der Waals surface area contributed by atoms with E-state index in [1.807, 2.05) is 0 Å². The number of benzene rings is 2. The first-order valence-corrected chi connectivity index (χ1v) is 11.0. The number of amides is 1. The number of hydrogen-bond donors (Lipinski definition) is 2. The van der Waals surface area contributed by atoms with E-state index in [1.54, 1.807) is 19.1 Å². The van der Waals surface area contributed by atoms with Gasteiger partial charge in [0.05, 0.1) is 36.9 Å². The first kappa shape index (κ1) is 23.3. The molecule has 30 heavy (non-hydrogen) atoms. The van der Waals surface area contributed by atoms with E-state index >= 15 is 0 Å². The number of ether oxygens (including phenoxy) is 2. The summed E-state index contributed by atoms with van der Waals surface area (Å²) in [5.74, 6) is -0.0111. The fourth-order valence-electron chi connectivity index (χ4n) is 2.44. The molecule has 11 heteroatoms. The monoisotopic (exact) mass is 455 g/mol. The van der Waals surface area contributed by atoms with Gasteiger partial charge in [-0.25, -0.2) is 13.8 Å². The molecule has 162 valence electrons. The summed E-state index contributed by atoms with van der Waals surface area (Å²) in [6, 6.07) is 8.95. The summed E-state index contributed by atoms with van der Waals surface area (Å²) in [5, 5.41) is 13.7. The van der Waals surface area contributed by atoms with Crippen LogP contribution in [0.2, 0.25) is 5.02 Å². The molecule has 0 aliphatic rings. The Morgan fingerprint density at radius 3 is 2.60 bits per heavy atom. The highest BCUT2D eigenvalue weighted by molar-refractivity contribution is 7.92. The Hall–Kier alpha value is -2.98. The van der Waals surface area contributed by atoms with Crippen molar-refractivity contribution in [2.24, 2.45) is 5.10 Å². The van der Waals surface area contributed by atoms with Crippen molar-refractivity contribution >= 4 is 39.4 Å². The van der Waals surface area contributed by atoms with Crippen LogP contribution in [0.1, 0.15) is 12.5 Å². The number of phenolic OH excluding ortho intramolecular Hbond substituents is 1. The Morgan fingerprint density at radius 2 is 2.00 bits per heavy atom. The second kappa shape index (κ2) is 10.2. The summed E-state index contributed by atoms with van der Waals surface area (Å²) in [6.45, 7) is 1.66. The fraction of sp³-hybridized carbons (Fsp3) is 0.263. The van der Waals surface area contributed by atoms with Gasteiger partial charge in [-0.05, 0) is 48.9 Å². The molecule has 0 unspecified atom stereocenters. The van der Waals surface area contributed by atoms with Gasteiger partial charge in [-0.15, -0.1) is 0 Å². The predicted molar refractivity (Wildman–Crippen MR) is 115 cm³/mol. The largest absolute Gasteiger partial charge is 0.504 e. The van der Waals surface area contributed by atoms with Crippen LogP contribution in [-0.4, -0.2) is 52.2 Å². The molecule has 2 N–H and O–H groups in total. The van der Waals surface area contributed by atoms with Crippen LogP contribution in [0.5, 0.6) is 17.2 Å². The lowest BCUT2D eigenvalue weighted by atomic mass is 10.2. The van der Waals surface area contributed by atoms with Gasteiger partial charge in [0.2, 0.25) is 10.0 Å². The highest BCUT2D eigenvalue weighted by Gasteiger charge is 2.21. The van der Waals surface area contributed by atoms with Gasteiger partial charge in [-0.1, -0.05) is 11.6 Å². The van der Waals surface area contributed by atoms with Crippen LogP contribution in [-0.2, 0) is 14.8 Å². The van der Waals surface area contributed by atoms with Gasteiger partial charge in [-0.2, -0.15) is 5.10 Å². The third-order valence-electron chi connectivity index (χ3n) is 3.80. The molecule has 2 rings (SSSR count). The SMILES string of the molecule is CCOc1cc(/C=N\NC(=O)CN(c2ccc(OC)c(Cl)c2)S(C)(=O)=O)ccc1O. The van der Waals surface area contributed by atoms with E-state index in [9.17, 15) is 18.3 Å². The zero-order valence-corrected chi connectivity index (χ0v) is 18.2. The van der Waals surface area contributed by atoms with Gasteiger partial charge < -0.3 is 14.6 Å². The Bertz CT molecular complexity index is 1040. The summed E-state index contributed by atoms with van der Waals surface area (Å²) < 4.78 is 35.5. The number of phenols is 1. The summed E-state index contributed by atoms with van der Waals surface area (Å²) in [6.07, 6.45) is 2.32. The van der Waals surface area contributed by atoms with Crippen molar-refractivity contribution in [3.63, 3.8) is 0 Å². The zero-order chi connectivity index (χ0) is 22.3. The van der Waals surface area contributed by atoms with Crippen LogP contribution in [0.3, 0.4) is 0 Å². The standard InChI is InChI=1S/C19H22ClN3O6S/c1-4-29-18-9-13(5-7-16(18)24)11-21-22-19(25)12-23(30(3,26)27)14-6-8-17(28-2)15(20)10-14/h5-11,24H,4,12H2,1-3H3,(H,22,25)/b21-11-. The quantitative estimate of drug-likeness (QED) is 0.442. The molecule has 0 atom stereocenters. The number of carbonyl (C=O) groups excluding carboxylic acids is 1. The minimum Gasteiger partial charge on any atom is -0.504 e. The second-order valence-electron chi connectivity index (χ2n) is 6.04. The molecule has 0 saturated heterocycles. The topological polar surface area (TPSA) is 118 Å². The smallest absolute Gasteiger partial charge is 0.260 e. The number of aromatic hydroxyl groups is 1. The number of sulfonamides is 1. The van der Waals surface area contributed by atoms with Gasteiger partial charge in [0.25, 0.3) is 5.91 Å². The molecule has 0 spiro atoms. The van der Waals surface area contributed by atoms with Crippen molar-refractivity contribution in [1.82, 2.24) is 5.43 Å². The highest BCUT2D eigenvalue weighted by Crippen LogP contribution is 2.30. The molecular weight excluding hydrogens is 434 g/mol. The summed E-state index contributed by atoms with van der Waals surface area (Å²) in [4.78, 5) is 12.2. The van der Waals surface area contributed by atoms with E-state index < -0.39 is 22.5 Å². The molecule has 2 aromatic carbocycles. The Kier molecular flexibility index (Phi) is 7.90. The van der Waals surface area contributed by atoms with E-state index in [0.717, 1.165) is 10.6 Å². The molecule has 0 aliphatic carbocycles. The van der Waals surface area contributed by atoms with Crippen LogP contribution in [0.4, 0.5) is 5.69 Å².